The third kappa shape index (κ3) is 4.00. The highest BCUT2D eigenvalue weighted by Crippen LogP contribution is 2.28. The zero-order valence-electron chi connectivity index (χ0n) is 12.7. The summed E-state index contributed by atoms with van der Waals surface area (Å²) in [5, 5.41) is 8.92. The van der Waals surface area contributed by atoms with Gasteiger partial charge in [0.1, 0.15) is 11.5 Å². The Kier molecular flexibility index (Phi) is 5.19. The summed E-state index contributed by atoms with van der Waals surface area (Å²) in [6.45, 7) is 0. The van der Waals surface area contributed by atoms with Crippen LogP contribution in [0.2, 0.25) is 0 Å². The molecular formula is C17H16O6. The SMILES string of the molecule is COc1cc(OC)cc(C(=O)C(OC(=O)O)c2ccccc2)c1. The van der Waals surface area contributed by atoms with E-state index in [0.29, 0.717) is 17.1 Å². The second-order valence-electron chi connectivity index (χ2n) is 4.64. The Hall–Kier alpha value is -3.02. The van der Waals surface area contributed by atoms with Crippen molar-refractivity contribution in [3.05, 3.63) is 59.7 Å². The molecule has 0 saturated carbocycles. The summed E-state index contributed by atoms with van der Waals surface area (Å²) in [5.74, 6) is 0.348. The number of hydrogen-bond donors (Lipinski definition) is 1. The fraction of sp³-hybridized carbons (Fsp3) is 0.176. The van der Waals surface area contributed by atoms with Crippen molar-refractivity contribution >= 4 is 11.9 Å². The minimum atomic E-state index is -1.53. The van der Waals surface area contributed by atoms with Crippen molar-refractivity contribution in [1.82, 2.24) is 0 Å². The van der Waals surface area contributed by atoms with Crippen molar-refractivity contribution in [3.63, 3.8) is 0 Å². The minimum absolute atomic E-state index is 0.233. The Morgan fingerprint density at radius 2 is 1.52 bits per heavy atom. The predicted octanol–water partition coefficient (Wildman–Crippen LogP) is 3.32. The van der Waals surface area contributed by atoms with Crippen molar-refractivity contribution in [2.75, 3.05) is 14.2 Å². The van der Waals surface area contributed by atoms with Gasteiger partial charge in [-0.2, -0.15) is 0 Å². The number of hydrogen-bond acceptors (Lipinski definition) is 5. The number of Topliss-reactive ketones (excluding diaryl/α,β-unsaturated/α-hetero) is 1. The van der Waals surface area contributed by atoms with Crippen molar-refractivity contribution in [2.45, 2.75) is 6.10 Å². The van der Waals surface area contributed by atoms with E-state index < -0.39 is 18.0 Å². The molecule has 2 aromatic rings. The van der Waals surface area contributed by atoms with Crippen LogP contribution in [-0.4, -0.2) is 31.3 Å². The smallest absolute Gasteiger partial charge is 0.497 e. The van der Waals surface area contributed by atoms with Crippen LogP contribution < -0.4 is 9.47 Å². The summed E-state index contributed by atoms with van der Waals surface area (Å²) < 4.78 is 15.0. The number of methoxy groups -OCH3 is 2. The standard InChI is InChI=1S/C17H16O6/c1-21-13-8-12(9-14(10-13)22-2)15(18)16(23-17(19)20)11-6-4-3-5-7-11/h3-10,16H,1-2H3,(H,19,20). The van der Waals surface area contributed by atoms with Crippen LogP contribution in [0.25, 0.3) is 0 Å². The summed E-state index contributed by atoms with van der Waals surface area (Å²) in [4.78, 5) is 23.7. The van der Waals surface area contributed by atoms with Gasteiger partial charge in [0, 0.05) is 17.2 Å². The lowest BCUT2D eigenvalue weighted by atomic mass is 9.99. The summed E-state index contributed by atoms with van der Waals surface area (Å²) >= 11 is 0. The first-order valence-electron chi connectivity index (χ1n) is 6.77. The molecule has 0 aromatic heterocycles. The van der Waals surface area contributed by atoms with E-state index in [2.05, 4.69) is 0 Å². The minimum Gasteiger partial charge on any atom is -0.497 e. The molecule has 0 amide bonds. The molecular weight excluding hydrogens is 300 g/mol. The van der Waals surface area contributed by atoms with Gasteiger partial charge in [-0.3, -0.25) is 4.79 Å². The first-order chi connectivity index (χ1) is 11.0. The van der Waals surface area contributed by atoms with Gasteiger partial charge in [0.15, 0.2) is 6.10 Å². The predicted molar refractivity (Wildman–Crippen MR) is 82.2 cm³/mol. The second-order valence-corrected chi connectivity index (χ2v) is 4.64. The molecule has 2 aromatic carbocycles. The van der Waals surface area contributed by atoms with Gasteiger partial charge in [0.2, 0.25) is 5.78 Å². The van der Waals surface area contributed by atoms with Crippen LogP contribution in [0.5, 0.6) is 11.5 Å². The lowest BCUT2D eigenvalue weighted by Gasteiger charge is -2.16. The molecule has 0 saturated heterocycles. The zero-order valence-corrected chi connectivity index (χ0v) is 12.7. The van der Waals surface area contributed by atoms with Crippen LogP contribution in [-0.2, 0) is 4.74 Å². The molecule has 23 heavy (non-hydrogen) atoms. The van der Waals surface area contributed by atoms with E-state index in [1.807, 2.05) is 0 Å². The summed E-state index contributed by atoms with van der Waals surface area (Å²) in [6.07, 6.45) is -2.78. The number of carbonyl (C=O) groups is 2. The van der Waals surface area contributed by atoms with Gasteiger partial charge in [0.25, 0.3) is 0 Å². The first kappa shape index (κ1) is 16.4. The highest BCUT2D eigenvalue weighted by atomic mass is 16.7. The van der Waals surface area contributed by atoms with Crippen molar-refractivity contribution in [3.8, 4) is 11.5 Å². The molecule has 6 heteroatoms. The third-order valence-electron chi connectivity index (χ3n) is 3.20. The lowest BCUT2D eigenvalue weighted by Crippen LogP contribution is -2.19. The molecule has 1 atom stereocenters. The Bertz CT molecular complexity index is 673. The fourth-order valence-corrected chi connectivity index (χ4v) is 2.10. The number of ketones is 1. The maximum Gasteiger partial charge on any atom is 0.506 e. The highest BCUT2D eigenvalue weighted by Gasteiger charge is 2.27. The van der Waals surface area contributed by atoms with Gasteiger partial charge in [-0.1, -0.05) is 30.3 Å². The molecule has 0 radical (unpaired) electrons. The van der Waals surface area contributed by atoms with E-state index in [1.54, 1.807) is 36.4 Å². The van der Waals surface area contributed by atoms with Crippen LogP contribution in [0.15, 0.2) is 48.5 Å². The highest BCUT2D eigenvalue weighted by molar-refractivity contribution is 6.01. The molecule has 120 valence electrons. The van der Waals surface area contributed by atoms with Crippen molar-refractivity contribution in [2.24, 2.45) is 0 Å². The Morgan fingerprint density at radius 3 is 2.00 bits per heavy atom. The number of ether oxygens (including phenoxy) is 3. The Morgan fingerprint density at radius 1 is 0.957 bits per heavy atom. The third-order valence-corrected chi connectivity index (χ3v) is 3.20. The molecule has 0 aliphatic carbocycles. The van der Waals surface area contributed by atoms with E-state index in [4.69, 9.17) is 19.3 Å². The Balaban J connectivity index is 2.43. The van der Waals surface area contributed by atoms with E-state index in [0.717, 1.165) is 0 Å². The molecule has 0 aliphatic rings. The number of benzene rings is 2. The molecule has 1 unspecified atom stereocenters. The second kappa shape index (κ2) is 7.31. The van der Waals surface area contributed by atoms with Gasteiger partial charge in [-0.25, -0.2) is 4.79 Å². The van der Waals surface area contributed by atoms with Crippen LogP contribution >= 0.6 is 0 Å². The number of carbonyl (C=O) groups excluding carboxylic acids is 1. The zero-order chi connectivity index (χ0) is 16.8. The molecule has 0 spiro atoms. The van der Waals surface area contributed by atoms with Crippen LogP contribution in [0, 0.1) is 0 Å². The quantitative estimate of drug-likeness (QED) is 0.650. The maximum absolute atomic E-state index is 12.7. The fourth-order valence-electron chi connectivity index (χ4n) is 2.10. The van der Waals surface area contributed by atoms with E-state index in [9.17, 15) is 9.59 Å². The van der Waals surface area contributed by atoms with E-state index in [1.165, 1.54) is 26.4 Å². The number of rotatable bonds is 6. The first-order valence-corrected chi connectivity index (χ1v) is 6.77. The maximum atomic E-state index is 12.7. The van der Waals surface area contributed by atoms with Gasteiger partial charge in [-0.05, 0) is 12.1 Å². The van der Waals surface area contributed by atoms with E-state index in [-0.39, 0.29) is 5.56 Å². The van der Waals surface area contributed by atoms with Crippen LogP contribution in [0.4, 0.5) is 4.79 Å². The van der Waals surface area contributed by atoms with Crippen LogP contribution in [0.1, 0.15) is 22.0 Å². The normalized spacial score (nSPS) is 11.4. The molecule has 6 nitrogen and oxygen atoms in total. The average Bonchev–Trinajstić information content (AvgIpc) is 2.59. The topological polar surface area (TPSA) is 82.1 Å². The van der Waals surface area contributed by atoms with Gasteiger partial charge < -0.3 is 19.3 Å². The van der Waals surface area contributed by atoms with Gasteiger partial charge >= 0.3 is 6.16 Å². The lowest BCUT2D eigenvalue weighted by molar-refractivity contribution is 0.0418. The summed E-state index contributed by atoms with van der Waals surface area (Å²) in [6, 6.07) is 13.1. The molecule has 1 N–H and O–H groups in total. The number of carboxylic acid groups (broad SMARTS) is 1. The van der Waals surface area contributed by atoms with Crippen LogP contribution in [0.3, 0.4) is 0 Å². The van der Waals surface area contributed by atoms with Crippen molar-refractivity contribution < 1.29 is 28.9 Å². The largest absolute Gasteiger partial charge is 0.506 e. The van der Waals surface area contributed by atoms with Gasteiger partial charge in [-0.15, -0.1) is 0 Å². The molecule has 0 aliphatic heterocycles. The molecule has 0 bridgehead atoms. The molecule has 0 fully saturated rings. The molecule has 0 heterocycles. The van der Waals surface area contributed by atoms with Gasteiger partial charge in [0.05, 0.1) is 14.2 Å². The summed E-state index contributed by atoms with van der Waals surface area (Å²) in [5.41, 5.74) is 0.679. The van der Waals surface area contributed by atoms with E-state index >= 15 is 0 Å². The molecule has 2 rings (SSSR count). The van der Waals surface area contributed by atoms with Crippen molar-refractivity contribution in [1.29, 1.82) is 0 Å². The monoisotopic (exact) mass is 316 g/mol. The average molecular weight is 316 g/mol. The summed E-state index contributed by atoms with van der Waals surface area (Å²) in [7, 11) is 2.93. The Labute approximate surface area is 133 Å².